The molecule has 0 radical (unpaired) electrons. The molecule has 28 heavy (non-hydrogen) atoms. The number of benzene rings is 2. The summed E-state index contributed by atoms with van der Waals surface area (Å²) in [7, 11) is 1.60. The molecule has 0 aliphatic carbocycles. The van der Waals surface area contributed by atoms with Gasteiger partial charge in [-0.15, -0.1) is 0 Å². The van der Waals surface area contributed by atoms with Crippen molar-refractivity contribution >= 4 is 5.91 Å². The molecule has 0 spiro atoms. The molecular weight excluding hydrogens is 359 g/mol. The molecular formula is C22H27FN2O3. The average molecular weight is 386 g/mol. The summed E-state index contributed by atoms with van der Waals surface area (Å²) in [6.07, 6.45) is 0.778. The number of β-amino-alcohol motifs (C(OH)–C–C–N with tert-alkyl or cyclic N) is 1. The van der Waals surface area contributed by atoms with Crippen LogP contribution in [0.4, 0.5) is 4.39 Å². The van der Waals surface area contributed by atoms with E-state index in [1.54, 1.807) is 19.2 Å². The lowest BCUT2D eigenvalue weighted by atomic mass is 9.80. The predicted molar refractivity (Wildman–Crippen MR) is 106 cm³/mol. The number of hydrogen-bond acceptors (Lipinski definition) is 4. The van der Waals surface area contributed by atoms with Crippen LogP contribution in [0.1, 0.15) is 37.0 Å². The Balaban J connectivity index is 1.68. The number of halogens is 1. The second-order valence-electron chi connectivity index (χ2n) is 7.36. The summed E-state index contributed by atoms with van der Waals surface area (Å²) < 4.78 is 18.6. The number of nitrogens with zero attached hydrogens (tertiary/aromatic N) is 1. The molecule has 0 bridgehead atoms. The number of aliphatic hydroxyl groups excluding tert-OH is 1. The Bertz CT molecular complexity index is 802. The van der Waals surface area contributed by atoms with E-state index in [2.05, 4.69) is 10.2 Å². The van der Waals surface area contributed by atoms with Gasteiger partial charge in [-0.05, 0) is 48.2 Å². The van der Waals surface area contributed by atoms with Crippen molar-refractivity contribution in [1.29, 1.82) is 0 Å². The normalized spacial score (nSPS) is 17.7. The summed E-state index contributed by atoms with van der Waals surface area (Å²) in [5.41, 5.74) is 1.23. The molecule has 1 fully saturated rings. The Kier molecular flexibility index (Phi) is 6.31. The van der Waals surface area contributed by atoms with Crippen LogP contribution in [0.5, 0.6) is 5.75 Å². The minimum absolute atomic E-state index is 0.103. The average Bonchev–Trinajstić information content (AvgIpc) is 2.69. The Labute approximate surface area is 165 Å². The monoisotopic (exact) mass is 386 g/mol. The van der Waals surface area contributed by atoms with E-state index in [1.165, 1.54) is 19.1 Å². The van der Waals surface area contributed by atoms with Gasteiger partial charge in [0.05, 0.1) is 18.8 Å². The van der Waals surface area contributed by atoms with Gasteiger partial charge in [-0.2, -0.15) is 0 Å². The summed E-state index contributed by atoms with van der Waals surface area (Å²) in [4.78, 5) is 14.0. The number of piperidine rings is 1. The maximum absolute atomic E-state index is 13.3. The zero-order valence-electron chi connectivity index (χ0n) is 16.3. The highest BCUT2D eigenvalue weighted by molar-refractivity contribution is 5.74. The van der Waals surface area contributed by atoms with Gasteiger partial charge >= 0.3 is 0 Å². The number of nitrogens with one attached hydrogen (secondary N) is 1. The van der Waals surface area contributed by atoms with Crippen molar-refractivity contribution in [3.8, 4) is 5.75 Å². The van der Waals surface area contributed by atoms with Crippen LogP contribution in [0.15, 0.2) is 48.5 Å². The van der Waals surface area contributed by atoms with E-state index in [0.717, 1.165) is 30.0 Å². The highest BCUT2D eigenvalue weighted by Crippen LogP contribution is 2.34. The van der Waals surface area contributed by atoms with Crippen LogP contribution in [0.3, 0.4) is 0 Å². The summed E-state index contributed by atoms with van der Waals surface area (Å²) in [6, 6.07) is 13.8. The van der Waals surface area contributed by atoms with Gasteiger partial charge in [-0.3, -0.25) is 4.79 Å². The molecule has 1 atom stereocenters. The van der Waals surface area contributed by atoms with Crippen molar-refractivity contribution in [1.82, 2.24) is 10.2 Å². The second kappa shape index (κ2) is 8.71. The summed E-state index contributed by atoms with van der Waals surface area (Å²) in [5, 5.41) is 13.7. The van der Waals surface area contributed by atoms with Crippen LogP contribution in [0.25, 0.3) is 0 Å². The zero-order chi connectivity index (χ0) is 20.1. The number of amides is 1. The molecule has 1 heterocycles. The molecule has 5 nitrogen and oxygen atoms in total. The minimum Gasteiger partial charge on any atom is -0.497 e. The summed E-state index contributed by atoms with van der Waals surface area (Å²) in [5.74, 6) is 0.325. The van der Waals surface area contributed by atoms with E-state index in [9.17, 15) is 14.3 Å². The Hall–Kier alpha value is -2.44. The fourth-order valence-electron chi connectivity index (χ4n) is 3.91. The number of hydrogen-bond donors (Lipinski definition) is 2. The fraction of sp³-hybridized carbons (Fsp3) is 0.409. The summed E-state index contributed by atoms with van der Waals surface area (Å²) >= 11 is 0. The fourth-order valence-corrected chi connectivity index (χ4v) is 3.91. The first-order valence-corrected chi connectivity index (χ1v) is 9.51. The van der Waals surface area contributed by atoms with E-state index in [4.69, 9.17) is 4.74 Å². The third-order valence-electron chi connectivity index (χ3n) is 5.43. The van der Waals surface area contributed by atoms with Gasteiger partial charge in [0.15, 0.2) is 0 Å². The van der Waals surface area contributed by atoms with Gasteiger partial charge in [-0.1, -0.05) is 24.3 Å². The molecule has 1 aliphatic heterocycles. The van der Waals surface area contributed by atoms with E-state index >= 15 is 0 Å². The molecule has 3 rings (SSSR count). The third-order valence-corrected chi connectivity index (χ3v) is 5.43. The van der Waals surface area contributed by atoms with Crippen LogP contribution in [0.2, 0.25) is 0 Å². The Morgan fingerprint density at radius 1 is 1.25 bits per heavy atom. The Morgan fingerprint density at radius 2 is 1.93 bits per heavy atom. The smallest absolute Gasteiger partial charge is 0.217 e. The van der Waals surface area contributed by atoms with Crippen LogP contribution in [0, 0.1) is 5.82 Å². The number of carbonyl (C=O) groups is 1. The lowest BCUT2D eigenvalue weighted by Gasteiger charge is -2.43. The molecule has 150 valence electrons. The molecule has 0 saturated carbocycles. The standard InChI is InChI=1S/C22H27FN2O3/c1-16(26)24-22(18-6-8-19(23)9-7-18)10-12-25(13-11-22)15-21(27)17-4-3-5-20(14-17)28-2/h3-9,14,21,27H,10-13,15H2,1-2H3,(H,24,26). The van der Waals surface area contributed by atoms with Gasteiger partial charge in [0.25, 0.3) is 0 Å². The predicted octanol–water partition coefficient (Wildman–Crippen LogP) is 3.00. The van der Waals surface area contributed by atoms with Crippen molar-refractivity contribution < 1.29 is 19.0 Å². The lowest BCUT2D eigenvalue weighted by molar-refractivity contribution is -0.121. The van der Waals surface area contributed by atoms with Gasteiger partial charge < -0.3 is 20.1 Å². The lowest BCUT2D eigenvalue weighted by Crippen LogP contribution is -2.53. The molecule has 2 N–H and O–H groups in total. The quantitative estimate of drug-likeness (QED) is 0.801. The number of ether oxygens (including phenoxy) is 1. The number of likely N-dealkylation sites (tertiary alicyclic amines) is 1. The molecule has 1 aliphatic rings. The maximum atomic E-state index is 13.3. The number of methoxy groups -OCH3 is 1. The summed E-state index contributed by atoms with van der Waals surface area (Å²) in [6.45, 7) is 3.45. The molecule has 2 aromatic carbocycles. The van der Waals surface area contributed by atoms with E-state index in [0.29, 0.717) is 19.4 Å². The van der Waals surface area contributed by atoms with E-state index < -0.39 is 11.6 Å². The third kappa shape index (κ3) is 4.69. The first-order valence-electron chi connectivity index (χ1n) is 9.51. The van der Waals surface area contributed by atoms with Gasteiger partial charge in [0.1, 0.15) is 11.6 Å². The van der Waals surface area contributed by atoms with Crippen molar-refractivity contribution in [2.45, 2.75) is 31.4 Å². The highest BCUT2D eigenvalue weighted by atomic mass is 19.1. The van der Waals surface area contributed by atoms with Crippen molar-refractivity contribution in [2.24, 2.45) is 0 Å². The Morgan fingerprint density at radius 3 is 2.54 bits per heavy atom. The largest absolute Gasteiger partial charge is 0.497 e. The molecule has 1 amide bonds. The van der Waals surface area contributed by atoms with Crippen molar-refractivity contribution in [2.75, 3.05) is 26.7 Å². The molecule has 6 heteroatoms. The van der Waals surface area contributed by atoms with Crippen LogP contribution >= 0.6 is 0 Å². The highest BCUT2D eigenvalue weighted by Gasteiger charge is 2.37. The molecule has 0 aromatic heterocycles. The first kappa shape index (κ1) is 20.3. The van der Waals surface area contributed by atoms with E-state index in [1.807, 2.05) is 24.3 Å². The van der Waals surface area contributed by atoms with Crippen molar-refractivity contribution in [3.63, 3.8) is 0 Å². The van der Waals surface area contributed by atoms with Gasteiger partial charge in [-0.25, -0.2) is 4.39 Å². The van der Waals surface area contributed by atoms with Crippen LogP contribution in [-0.2, 0) is 10.3 Å². The topological polar surface area (TPSA) is 61.8 Å². The van der Waals surface area contributed by atoms with E-state index in [-0.39, 0.29) is 11.7 Å². The first-order chi connectivity index (χ1) is 13.4. The van der Waals surface area contributed by atoms with Crippen LogP contribution in [-0.4, -0.2) is 42.7 Å². The van der Waals surface area contributed by atoms with Gasteiger partial charge in [0.2, 0.25) is 5.91 Å². The number of aliphatic hydroxyl groups is 1. The van der Waals surface area contributed by atoms with Gasteiger partial charge in [0, 0.05) is 26.6 Å². The minimum atomic E-state index is -0.616. The molecule has 1 unspecified atom stereocenters. The number of carbonyl (C=O) groups excluding carboxylic acids is 1. The van der Waals surface area contributed by atoms with Crippen LogP contribution < -0.4 is 10.1 Å². The molecule has 2 aromatic rings. The second-order valence-corrected chi connectivity index (χ2v) is 7.36. The number of rotatable bonds is 6. The maximum Gasteiger partial charge on any atom is 0.217 e. The SMILES string of the molecule is COc1cccc(C(O)CN2CCC(NC(C)=O)(c3ccc(F)cc3)CC2)c1. The molecule has 1 saturated heterocycles. The zero-order valence-corrected chi connectivity index (χ0v) is 16.3. The van der Waals surface area contributed by atoms with Crippen molar-refractivity contribution in [3.05, 3.63) is 65.5 Å².